The van der Waals surface area contributed by atoms with Gasteiger partial charge < -0.3 is 9.47 Å². The summed E-state index contributed by atoms with van der Waals surface area (Å²) in [6, 6.07) is 1.29. The summed E-state index contributed by atoms with van der Waals surface area (Å²) in [5.41, 5.74) is -2.04. The molecule has 104 valence electrons. The molecule has 8 heteroatoms. The number of carbonyl (C=O) groups excluding carboxylic acids is 1. The Labute approximate surface area is 107 Å². The SMILES string of the molecule is COCCCOC(=O)c1c(F)ccc([N+](=O)[O-])c1F. The number of nitrogens with zero attached hydrogens (tertiary/aromatic N) is 1. The van der Waals surface area contributed by atoms with Gasteiger partial charge in [-0.05, 0) is 6.07 Å². The molecule has 1 aromatic rings. The summed E-state index contributed by atoms with van der Waals surface area (Å²) in [5, 5.41) is 10.5. The van der Waals surface area contributed by atoms with Crippen molar-refractivity contribution in [1.82, 2.24) is 0 Å². The second-order valence-corrected chi connectivity index (χ2v) is 3.49. The summed E-state index contributed by atoms with van der Waals surface area (Å²) in [6.45, 7) is 0.210. The largest absolute Gasteiger partial charge is 0.462 e. The number of rotatable bonds is 6. The first-order valence-electron chi connectivity index (χ1n) is 5.27. The highest BCUT2D eigenvalue weighted by atomic mass is 19.1. The maximum Gasteiger partial charge on any atom is 0.344 e. The lowest BCUT2D eigenvalue weighted by Gasteiger charge is -2.06. The number of hydrogen-bond acceptors (Lipinski definition) is 5. The van der Waals surface area contributed by atoms with E-state index in [-0.39, 0.29) is 6.61 Å². The van der Waals surface area contributed by atoms with Crippen LogP contribution in [0.25, 0.3) is 0 Å². The number of ether oxygens (including phenoxy) is 2. The molecular formula is C11H11F2NO5. The standard InChI is InChI=1S/C11H11F2NO5/c1-18-5-2-6-19-11(15)9-7(12)3-4-8(10(9)13)14(16)17/h3-4H,2,5-6H2,1H3. The zero-order chi connectivity index (χ0) is 14.4. The van der Waals surface area contributed by atoms with Crippen molar-refractivity contribution in [1.29, 1.82) is 0 Å². The number of hydrogen-bond donors (Lipinski definition) is 0. The first-order valence-corrected chi connectivity index (χ1v) is 5.27. The van der Waals surface area contributed by atoms with Crippen molar-refractivity contribution in [3.8, 4) is 0 Å². The Bertz CT molecular complexity index is 492. The summed E-state index contributed by atoms with van der Waals surface area (Å²) in [6.07, 6.45) is 0.348. The number of nitro benzene ring substituents is 1. The van der Waals surface area contributed by atoms with Gasteiger partial charge in [-0.25, -0.2) is 9.18 Å². The molecular weight excluding hydrogens is 264 g/mol. The predicted molar refractivity (Wildman–Crippen MR) is 59.8 cm³/mol. The molecule has 0 aromatic heterocycles. The molecule has 0 aliphatic rings. The monoisotopic (exact) mass is 275 g/mol. The third-order valence-electron chi connectivity index (χ3n) is 2.20. The molecule has 19 heavy (non-hydrogen) atoms. The van der Waals surface area contributed by atoms with Crippen molar-refractivity contribution in [2.45, 2.75) is 6.42 Å². The summed E-state index contributed by atoms with van der Waals surface area (Å²) in [7, 11) is 1.45. The minimum absolute atomic E-state index is 0.103. The summed E-state index contributed by atoms with van der Waals surface area (Å²) >= 11 is 0. The predicted octanol–water partition coefficient (Wildman–Crippen LogP) is 2.07. The normalized spacial score (nSPS) is 10.3. The van der Waals surface area contributed by atoms with Crippen LogP contribution >= 0.6 is 0 Å². The number of nitro groups is 1. The van der Waals surface area contributed by atoms with Crippen LogP contribution in [0.4, 0.5) is 14.5 Å². The summed E-state index contributed by atoms with van der Waals surface area (Å²) in [5.74, 6) is -4.03. The van der Waals surface area contributed by atoms with Crippen LogP contribution in [0.5, 0.6) is 0 Å². The Morgan fingerprint density at radius 3 is 2.63 bits per heavy atom. The Kier molecular flexibility index (Phi) is 5.31. The van der Waals surface area contributed by atoms with Crippen LogP contribution in [0.2, 0.25) is 0 Å². The van der Waals surface area contributed by atoms with Crippen LogP contribution in [0.1, 0.15) is 16.8 Å². The van der Waals surface area contributed by atoms with E-state index in [0.29, 0.717) is 25.2 Å². The number of halogens is 2. The van der Waals surface area contributed by atoms with E-state index in [1.165, 1.54) is 7.11 Å². The molecule has 0 atom stereocenters. The van der Waals surface area contributed by atoms with Crippen molar-refractivity contribution in [2.75, 3.05) is 20.3 Å². The molecule has 1 aromatic carbocycles. The van der Waals surface area contributed by atoms with Gasteiger partial charge >= 0.3 is 11.7 Å². The molecule has 0 N–H and O–H groups in total. The van der Waals surface area contributed by atoms with Gasteiger partial charge in [-0.15, -0.1) is 0 Å². The first kappa shape index (κ1) is 15.0. The van der Waals surface area contributed by atoms with E-state index >= 15 is 0 Å². The van der Waals surface area contributed by atoms with Crippen LogP contribution in [-0.4, -0.2) is 31.2 Å². The molecule has 0 spiro atoms. The van der Waals surface area contributed by atoms with Crippen LogP contribution in [0.15, 0.2) is 12.1 Å². The van der Waals surface area contributed by atoms with Gasteiger partial charge in [0.25, 0.3) is 0 Å². The van der Waals surface area contributed by atoms with Crippen LogP contribution in [0.3, 0.4) is 0 Å². The Morgan fingerprint density at radius 2 is 2.05 bits per heavy atom. The van der Waals surface area contributed by atoms with E-state index in [9.17, 15) is 23.7 Å². The van der Waals surface area contributed by atoms with Crippen LogP contribution in [0, 0.1) is 21.7 Å². The fourth-order valence-electron chi connectivity index (χ4n) is 1.31. The van der Waals surface area contributed by atoms with Gasteiger partial charge in [0.2, 0.25) is 5.82 Å². The molecule has 0 saturated carbocycles. The minimum atomic E-state index is -1.54. The number of methoxy groups -OCH3 is 1. The maximum atomic E-state index is 13.6. The van der Waals surface area contributed by atoms with Gasteiger partial charge in [-0.3, -0.25) is 10.1 Å². The fraction of sp³-hybridized carbons (Fsp3) is 0.364. The second kappa shape index (κ2) is 6.74. The second-order valence-electron chi connectivity index (χ2n) is 3.49. The average Bonchev–Trinajstić information content (AvgIpc) is 2.34. The smallest absolute Gasteiger partial charge is 0.344 e. The third-order valence-corrected chi connectivity index (χ3v) is 2.20. The zero-order valence-electron chi connectivity index (χ0n) is 10.0. The first-order chi connectivity index (χ1) is 8.99. The van der Waals surface area contributed by atoms with E-state index in [2.05, 4.69) is 4.74 Å². The van der Waals surface area contributed by atoms with Gasteiger partial charge in [0.15, 0.2) is 0 Å². The van der Waals surface area contributed by atoms with Gasteiger partial charge in [0.05, 0.1) is 11.5 Å². The summed E-state index contributed by atoms with van der Waals surface area (Å²) in [4.78, 5) is 20.9. The van der Waals surface area contributed by atoms with Crippen molar-refractivity contribution in [2.24, 2.45) is 0 Å². The number of benzene rings is 1. The molecule has 0 heterocycles. The Balaban J connectivity index is 2.90. The van der Waals surface area contributed by atoms with Gasteiger partial charge in [-0.2, -0.15) is 4.39 Å². The highest BCUT2D eigenvalue weighted by Gasteiger charge is 2.27. The van der Waals surface area contributed by atoms with Gasteiger partial charge in [-0.1, -0.05) is 0 Å². The molecule has 0 bridgehead atoms. The van der Waals surface area contributed by atoms with E-state index in [1.807, 2.05) is 0 Å². The molecule has 0 unspecified atom stereocenters. The fourth-order valence-corrected chi connectivity index (χ4v) is 1.31. The highest BCUT2D eigenvalue weighted by molar-refractivity contribution is 5.90. The Morgan fingerprint density at radius 1 is 1.37 bits per heavy atom. The lowest BCUT2D eigenvalue weighted by atomic mass is 10.1. The number of carbonyl (C=O) groups is 1. The lowest BCUT2D eigenvalue weighted by molar-refractivity contribution is -0.387. The molecule has 0 saturated heterocycles. The van der Waals surface area contributed by atoms with Crippen molar-refractivity contribution >= 4 is 11.7 Å². The van der Waals surface area contributed by atoms with Crippen LogP contribution < -0.4 is 0 Å². The van der Waals surface area contributed by atoms with Crippen LogP contribution in [-0.2, 0) is 9.47 Å². The van der Waals surface area contributed by atoms with Crippen molar-refractivity contribution in [3.63, 3.8) is 0 Å². The van der Waals surface area contributed by atoms with E-state index in [0.717, 1.165) is 0 Å². The zero-order valence-corrected chi connectivity index (χ0v) is 10.0. The van der Waals surface area contributed by atoms with Crippen molar-refractivity contribution < 1.29 is 28.0 Å². The molecule has 6 nitrogen and oxygen atoms in total. The molecule has 0 fully saturated rings. The van der Waals surface area contributed by atoms with E-state index in [4.69, 9.17) is 4.74 Å². The lowest BCUT2D eigenvalue weighted by Crippen LogP contribution is -2.13. The quantitative estimate of drug-likeness (QED) is 0.343. The molecule has 1 rings (SSSR count). The molecule has 0 aliphatic heterocycles. The van der Waals surface area contributed by atoms with Gasteiger partial charge in [0, 0.05) is 26.2 Å². The van der Waals surface area contributed by atoms with Crippen molar-refractivity contribution in [3.05, 3.63) is 39.4 Å². The molecule has 0 aliphatic carbocycles. The maximum absolute atomic E-state index is 13.6. The number of esters is 1. The van der Waals surface area contributed by atoms with Gasteiger partial charge in [0.1, 0.15) is 11.4 Å². The average molecular weight is 275 g/mol. The van der Waals surface area contributed by atoms with E-state index < -0.39 is 33.8 Å². The minimum Gasteiger partial charge on any atom is -0.462 e. The Hall–Kier alpha value is -2.09. The highest BCUT2D eigenvalue weighted by Crippen LogP contribution is 2.23. The van der Waals surface area contributed by atoms with E-state index in [1.54, 1.807) is 0 Å². The molecule has 0 radical (unpaired) electrons. The third kappa shape index (κ3) is 3.68. The molecule has 0 amide bonds. The topological polar surface area (TPSA) is 78.7 Å². The summed E-state index contributed by atoms with van der Waals surface area (Å²) < 4.78 is 36.2.